The van der Waals surface area contributed by atoms with Crippen molar-refractivity contribution in [2.45, 2.75) is 19.4 Å². The number of halogens is 2. The van der Waals surface area contributed by atoms with Gasteiger partial charge in [-0.05, 0) is 30.2 Å². The maximum atomic E-state index is 13.9. The lowest BCUT2D eigenvalue weighted by molar-refractivity contribution is 0.181. The highest BCUT2D eigenvalue weighted by Gasteiger charge is 2.14. The first kappa shape index (κ1) is 12.6. The van der Waals surface area contributed by atoms with Gasteiger partial charge in [0.25, 0.3) is 0 Å². The van der Waals surface area contributed by atoms with E-state index in [1.54, 1.807) is 19.2 Å². The molecule has 0 saturated carbocycles. The van der Waals surface area contributed by atoms with Crippen LogP contribution in [0.2, 0.25) is 0 Å². The number of nitrogens with two attached hydrogens (primary N) is 1. The van der Waals surface area contributed by atoms with E-state index < -0.39 is 0 Å². The minimum Gasteiger partial charge on any atom is -0.380 e. The van der Waals surface area contributed by atoms with Crippen molar-refractivity contribution in [2.24, 2.45) is 5.73 Å². The molecule has 2 nitrogen and oxygen atoms in total. The zero-order chi connectivity index (χ0) is 11.4. The summed E-state index contributed by atoms with van der Waals surface area (Å²) < 4.78 is 19.7. The Morgan fingerprint density at radius 1 is 1.53 bits per heavy atom. The predicted octanol–water partition coefficient (Wildman–Crippen LogP) is 2.80. The lowest BCUT2D eigenvalue weighted by Gasteiger charge is -2.13. The molecular formula is C11H15BrFNO. The number of hydrogen-bond acceptors (Lipinski definition) is 2. The van der Waals surface area contributed by atoms with Crippen molar-refractivity contribution in [1.29, 1.82) is 0 Å². The third-order valence-electron chi connectivity index (χ3n) is 2.33. The average molecular weight is 276 g/mol. The first-order valence-corrected chi connectivity index (χ1v) is 5.56. The molecule has 4 heteroatoms. The van der Waals surface area contributed by atoms with Gasteiger partial charge in [-0.1, -0.05) is 22.9 Å². The molecule has 1 aromatic rings. The highest BCUT2D eigenvalue weighted by Crippen LogP contribution is 2.26. The monoisotopic (exact) mass is 275 g/mol. The van der Waals surface area contributed by atoms with Crippen LogP contribution in [0.1, 0.15) is 24.0 Å². The van der Waals surface area contributed by atoms with E-state index in [9.17, 15) is 4.39 Å². The molecule has 1 rings (SSSR count). The maximum absolute atomic E-state index is 13.9. The highest BCUT2D eigenvalue weighted by molar-refractivity contribution is 9.10. The van der Waals surface area contributed by atoms with Gasteiger partial charge in [-0.3, -0.25) is 0 Å². The van der Waals surface area contributed by atoms with Gasteiger partial charge in [0.15, 0.2) is 0 Å². The van der Waals surface area contributed by atoms with Crippen LogP contribution in [-0.4, -0.2) is 13.7 Å². The molecule has 2 N–H and O–H groups in total. The molecule has 84 valence electrons. The highest BCUT2D eigenvalue weighted by atomic mass is 79.9. The van der Waals surface area contributed by atoms with Crippen molar-refractivity contribution in [1.82, 2.24) is 0 Å². The summed E-state index contributed by atoms with van der Waals surface area (Å²) in [5.41, 5.74) is 6.73. The molecule has 0 aromatic heterocycles. The van der Waals surface area contributed by atoms with E-state index in [1.165, 1.54) is 0 Å². The van der Waals surface area contributed by atoms with Crippen molar-refractivity contribution in [3.63, 3.8) is 0 Å². The van der Waals surface area contributed by atoms with Gasteiger partial charge in [0, 0.05) is 17.1 Å². The van der Waals surface area contributed by atoms with Crippen molar-refractivity contribution in [3.05, 3.63) is 33.5 Å². The van der Waals surface area contributed by atoms with E-state index in [2.05, 4.69) is 15.9 Å². The van der Waals surface area contributed by atoms with Crippen molar-refractivity contribution < 1.29 is 9.13 Å². The van der Waals surface area contributed by atoms with Crippen LogP contribution < -0.4 is 5.73 Å². The van der Waals surface area contributed by atoms with Gasteiger partial charge in [-0.25, -0.2) is 4.39 Å². The Labute approximate surface area is 97.7 Å². The largest absolute Gasteiger partial charge is 0.380 e. The molecule has 0 bridgehead atoms. The summed E-state index contributed by atoms with van der Waals surface area (Å²) in [7, 11) is 1.55. The summed E-state index contributed by atoms with van der Waals surface area (Å²) in [6.45, 7) is 2.61. The van der Waals surface area contributed by atoms with Crippen molar-refractivity contribution >= 4 is 15.9 Å². The lowest BCUT2D eigenvalue weighted by Crippen LogP contribution is -2.12. The zero-order valence-electron chi connectivity index (χ0n) is 8.89. The molecule has 0 saturated heterocycles. The normalized spacial score (nSPS) is 12.9. The second kappa shape index (κ2) is 5.58. The van der Waals surface area contributed by atoms with E-state index in [0.717, 1.165) is 4.47 Å². The van der Waals surface area contributed by atoms with E-state index in [4.69, 9.17) is 10.5 Å². The second-order valence-corrected chi connectivity index (χ2v) is 4.45. The fourth-order valence-electron chi connectivity index (χ4n) is 1.41. The third-order valence-corrected chi connectivity index (χ3v) is 2.78. The number of ether oxygens (including phenoxy) is 1. The van der Waals surface area contributed by atoms with Crippen LogP contribution in [0.25, 0.3) is 0 Å². The topological polar surface area (TPSA) is 35.2 Å². The molecule has 15 heavy (non-hydrogen) atoms. The second-order valence-electron chi connectivity index (χ2n) is 3.54. The lowest BCUT2D eigenvalue weighted by atomic mass is 9.98. The smallest absolute Gasteiger partial charge is 0.132 e. The predicted molar refractivity (Wildman–Crippen MR) is 62.3 cm³/mol. The van der Waals surface area contributed by atoms with Gasteiger partial charge in [0.1, 0.15) is 5.82 Å². The van der Waals surface area contributed by atoms with Crippen molar-refractivity contribution in [2.75, 3.05) is 13.7 Å². The maximum Gasteiger partial charge on any atom is 0.132 e. The van der Waals surface area contributed by atoms with E-state index >= 15 is 0 Å². The molecular weight excluding hydrogens is 261 g/mol. The molecule has 0 aliphatic heterocycles. The number of benzene rings is 1. The van der Waals surface area contributed by atoms with Crippen LogP contribution in [0.5, 0.6) is 0 Å². The molecule has 0 amide bonds. The molecule has 0 aliphatic carbocycles. The van der Waals surface area contributed by atoms with Gasteiger partial charge >= 0.3 is 0 Å². The van der Waals surface area contributed by atoms with Crippen LogP contribution in [0.4, 0.5) is 4.39 Å². The molecule has 0 aliphatic rings. The quantitative estimate of drug-likeness (QED) is 0.917. The number of methoxy groups -OCH3 is 1. The SMILES string of the molecule is COCc1cc(Br)cc(C(C)CN)c1F. The first-order chi connectivity index (χ1) is 7.10. The van der Waals surface area contributed by atoms with Crippen LogP contribution >= 0.6 is 15.9 Å². The molecule has 1 atom stereocenters. The minimum absolute atomic E-state index is 0.0121. The average Bonchev–Trinajstić information content (AvgIpc) is 2.22. The number of hydrogen-bond donors (Lipinski definition) is 1. The first-order valence-electron chi connectivity index (χ1n) is 4.77. The van der Waals surface area contributed by atoms with E-state index in [0.29, 0.717) is 17.7 Å². The Hall–Kier alpha value is -0.450. The number of rotatable bonds is 4. The molecule has 0 spiro atoms. The van der Waals surface area contributed by atoms with Crippen LogP contribution in [0.3, 0.4) is 0 Å². The Morgan fingerprint density at radius 2 is 2.20 bits per heavy atom. The summed E-state index contributed by atoms with van der Waals surface area (Å²) in [5, 5.41) is 0. The Morgan fingerprint density at radius 3 is 2.73 bits per heavy atom. The van der Waals surface area contributed by atoms with Crippen LogP contribution in [0, 0.1) is 5.82 Å². The van der Waals surface area contributed by atoms with Crippen LogP contribution in [-0.2, 0) is 11.3 Å². The fraction of sp³-hybridized carbons (Fsp3) is 0.455. The minimum atomic E-state index is -0.210. The molecule has 0 radical (unpaired) electrons. The third kappa shape index (κ3) is 3.00. The van der Waals surface area contributed by atoms with Crippen LogP contribution in [0.15, 0.2) is 16.6 Å². The standard InChI is InChI=1S/C11H15BrFNO/c1-7(5-14)10-4-9(12)3-8(6-15-2)11(10)13/h3-4,7H,5-6,14H2,1-2H3. The Kier molecular flexibility index (Phi) is 4.70. The summed E-state index contributed by atoms with van der Waals surface area (Å²) in [5.74, 6) is -0.198. The molecule has 0 fully saturated rings. The van der Waals surface area contributed by atoms with Gasteiger partial charge in [0.2, 0.25) is 0 Å². The summed E-state index contributed by atoms with van der Waals surface area (Å²) >= 11 is 3.35. The zero-order valence-corrected chi connectivity index (χ0v) is 10.5. The van der Waals surface area contributed by atoms with Gasteiger partial charge < -0.3 is 10.5 Å². The summed E-state index contributed by atoms with van der Waals surface area (Å²) in [6, 6.07) is 3.50. The molecule has 1 aromatic carbocycles. The summed E-state index contributed by atoms with van der Waals surface area (Å²) in [6.07, 6.45) is 0. The van der Waals surface area contributed by atoms with Crippen molar-refractivity contribution in [3.8, 4) is 0 Å². The van der Waals surface area contributed by atoms with Gasteiger partial charge in [0.05, 0.1) is 6.61 Å². The van der Waals surface area contributed by atoms with Gasteiger partial charge in [-0.2, -0.15) is 0 Å². The Bertz CT molecular complexity index is 344. The Balaban J connectivity index is 3.15. The van der Waals surface area contributed by atoms with E-state index in [-0.39, 0.29) is 18.3 Å². The van der Waals surface area contributed by atoms with Gasteiger partial charge in [-0.15, -0.1) is 0 Å². The van der Waals surface area contributed by atoms with E-state index in [1.807, 2.05) is 6.92 Å². The fourth-order valence-corrected chi connectivity index (χ4v) is 1.94. The summed E-state index contributed by atoms with van der Waals surface area (Å²) in [4.78, 5) is 0. The molecule has 1 unspecified atom stereocenters. The molecule has 0 heterocycles.